The molecule has 0 heterocycles. The summed E-state index contributed by atoms with van der Waals surface area (Å²) < 4.78 is 24.0. The molecular formula is C19H24FN3O3. The number of rotatable bonds is 7. The van der Waals surface area contributed by atoms with E-state index in [0.717, 1.165) is 11.3 Å². The zero-order chi connectivity index (χ0) is 18.9. The van der Waals surface area contributed by atoms with Gasteiger partial charge in [-0.15, -0.1) is 0 Å². The minimum Gasteiger partial charge on any atom is -0.493 e. The molecule has 26 heavy (non-hydrogen) atoms. The summed E-state index contributed by atoms with van der Waals surface area (Å²) in [5.41, 5.74) is 1.85. The lowest BCUT2D eigenvalue weighted by atomic mass is 10.1. The minimum atomic E-state index is -0.421. The number of anilines is 1. The Morgan fingerprint density at radius 1 is 1.12 bits per heavy atom. The van der Waals surface area contributed by atoms with Crippen molar-refractivity contribution in [1.29, 1.82) is 0 Å². The fourth-order valence-corrected chi connectivity index (χ4v) is 2.38. The molecule has 0 bridgehead atoms. The van der Waals surface area contributed by atoms with Crippen LogP contribution in [0.1, 0.15) is 18.1 Å². The second-order valence-corrected chi connectivity index (χ2v) is 5.47. The Morgan fingerprint density at radius 2 is 1.88 bits per heavy atom. The van der Waals surface area contributed by atoms with Crippen molar-refractivity contribution < 1.29 is 19.0 Å². The summed E-state index contributed by atoms with van der Waals surface area (Å²) in [6, 6.07) is 10.1. The molecule has 7 heteroatoms. The first-order valence-corrected chi connectivity index (χ1v) is 8.26. The molecule has 0 aliphatic heterocycles. The van der Waals surface area contributed by atoms with Crippen LogP contribution in [0.2, 0.25) is 0 Å². The van der Waals surface area contributed by atoms with E-state index in [9.17, 15) is 4.39 Å². The lowest BCUT2D eigenvalue weighted by molar-refractivity contribution is 0.275. The average Bonchev–Trinajstić information content (AvgIpc) is 2.67. The van der Waals surface area contributed by atoms with E-state index in [1.165, 1.54) is 6.07 Å². The molecular weight excluding hydrogens is 337 g/mol. The van der Waals surface area contributed by atoms with Crippen molar-refractivity contribution >= 4 is 11.6 Å². The summed E-state index contributed by atoms with van der Waals surface area (Å²) in [6.07, 6.45) is 0. The van der Waals surface area contributed by atoms with Crippen LogP contribution in [0.15, 0.2) is 41.4 Å². The third-order valence-electron chi connectivity index (χ3n) is 3.69. The first kappa shape index (κ1) is 19.5. The van der Waals surface area contributed by atoms with E-state index < -0.39 is 5.82 Å². The number of methoxy groups -OCH3 is 2. The second-order valence-electron chi connectivity index (χ2n) is 5.47. The van der Waals surface area contributed by atoms with Crippen molar-refractivity contribution in [2.24, 2.45) is 4.99 Å². The van der Waals surface area contributed by atoms with E-state index in [2.05, 4.69) is 15.6 Å². The average molecular weight is 361 g/mol. The summed E-state index contributed by atoms with van der Waals surface area (Å²) in [5, 5.41) is 15.5. The van der Waals surface area contributed by atoms with Gasteiger partial charge in [0.1, 0.15) is 5.82 Å². The van der Waals surface area contributed by atoms with Gasteiger partial charge in [-0.25, -0.2) is 9.38 Å². The number of aliphatic imine (C=N–C) groups is 1. The van der Waals surface area contributed by atoms with Gasteiger partial charge in [-0.2, -0.15) is 0 Å². The molecule has 0 aliphatic rings. The smallest absolute Gasteiger partial charge is 0.196 e. The monoisotopic (exact) mass is 361 g/mol. The molecule has 0 saturated carbocycles. The molecule has 2 aromatic rings. The fourth-order valence-electron chi connectivity index (χ4n) is 2.38. The molecule has 0 aromatic heterocycles. The minimum absolute atomic E-state index is 0.260. The summed E-state index contributed by atoms with van der Waals surface area (Å²) in [6.45, 7) is 2.65. The standard InChI is InChI=1S/C19H24FN3O3/c1-4-21-19(22-11-13-5-7-16(20)14(9-13)12-24)23-15-6-8-17(25-2)18(10-15)26-3/h5-10,24H,4,11-12H2,1-3H3,(H2,21,22,23). The van der Waals surface area contributed by atoms with E-state index >= 15 is 0 Å². The van der Waals surface area contributed by atoms with Crippen molar-refractivity contribution in [2.45, 2.75) is 20.1 Å². The maximum atomic E-state index is 13.5. The van der Waals surface area contributed by atoms with Gasteiger partial charge in [0.15, 0.2) is 17.5 Å². The van der Waals surface area contributed by atoms with Gasteiger partial charge in [0.25, 0.3) is 0 Å². The van der Waals surface area contributed by atoms with Crippen LogP contribution in [0.4, 0.5) is 10.1 Å². The van der Waals surface area contributed by atoms with Gasteiger partial charge in [-0.3, -0.25) is 0 Å². The molecule has 0 amide bonds. The molecule has 3 N–H and O–H groups in total. The highest BCUT2D eigenvalue weighted by Crippen LogP contribution is 2.29. The molecule has 2 rings (SSSR count). The Kier molecular flexibility index (Phi) is 7.23. The Balaban J connectivity index is 2.16. The van der Waals surface area contributed by atoms with Gasteiger partial charge >= 0.3 is 0 Å². The van der Waals surface area contributed by atoms with E-state index in [0.29, 0.717) is 30.5 Å². The molecule has 6 nitrogen and oxygen atoms in total. The lowest BCUT2D eigenvalue weighted by Crippen LogP contribution is -2.30. The lowest BCUT2D eigenvalue weighted by Gasteiger charge is -2.14. The van der Waals surface area contributed by atoms with Crippen molar-refractivity contribution in [2.75, 3.05) is 26.1 Å². The summed E-state index contributed by atoms with van der Waals surface area (Å²) in [4.78, 5) is 4.50. The number of halogens is 1. The highest BCUT2D eigenvalue weighted by molar-refractivity contribution is 5.93. The van der Waals surface area contributed by atoms with E-state index in [1.807, 2.05) is 19.1 Å². The Bertz CT molecular complexity index is 766. The summed E-state index contributed by atoms with van der Waals surface area (Å²) in [7, 11) is 3.16. The first-order chi connectivity index (χ1) is 12.6. The van der Waals surface area contributed by atoms with Crippen LogP contribution in [0.5, 0.6) is 11.5 Å². The van der Waals surface area contributed by atoms with Crippen molar-refractivity contribution in [1.82, 2.24) is 5.32 Å². The number of aliphatic hydroxyl groups is 1. The maximum absolute atomic E-state index is 13.5. The zero-order valence-electron chi connectivity index (χ0n) is 15.2. The molecule has 0 aliphatic carbocycles. The summed E-state index contributed by atoms with van der Waals surface area (Å²) in [5.74, 6) is 1.41. The Labute approximate surface area is 152 Å². The van der Waals surface area contributed by atoms with Crippen LogP contribution in [0.25, 0.3) is 0 Å². The molecule has 0 spiro atoms. The quantitative estimate of drug-likeness (QED) is 0.522. The molecule has 0 fully saturated rings. The van der Waals surface area contributed by atoms with Crippen LogP contribution < -0.4 is 20.1 Å². The summed E-state index contributed by atoms with van der Waals surface area (Å²) >= 11 is 0. The van der Waals surface area contributed by atoms with E-state index in [-0.39, 0.29) is 12.2 Å². The number of hydrogen-bond donors (Lipinski definition) is 3. The molecule has 0 saturated heterocycles. The van der Waals surface area contributed by atoms with Crippen LogP contribution in [-0.4, -0.2) is 31.8 Å². The molecule has 0 atom stereocenters. The SMILES string of the molecule is CCNC(=NCc1ccc(F)c(CO)c1)Nc1ccc(OC)c(OC)c1. The van der Waals surface area contributed by atoms with Gasteiger partial charge < -0.3 is 25.2 Å². The Morgan fingerprint density at radius 3 is 2.54 bits per heavy atom. The number of aliphatic hydroxyl groups excluding tert-OH is 1. The van der Waals surface area contributed by atoms with Crippen molar-refractivity contribution in [3.63, 3.8) is 0 Å². The van der Waals surface area contributed by atoms with Gasteiger partial charge in [0.05, 0.1) is 27.4 Å². The van der Waals surface area contributed by atoms with Gasteiger partial charge in [-0.1, -0.05) is 6.07 Å². The number of benzene rings is 2. The topological polar surface area (TPSA) is 75.1 Å². The van der Waals surface area contributed by atoms with E-state index in [1.54, 1.807) is 32.4 Å². The fraction of sp³-hybridized carbons (Fsp3) is 0.316. The molecule has 140 valence electrons. The Hall–Kier alpha value is -2.80. The predicted molar refractivity (Wildman–Crippen MR) is 100 cm³/mol. The molecule has 0 radical (unpaired) electrons. The number of guanidine groups is 1. The van der Waals surface area contributed by atoms with Crippen LogP contribution in [0, 0.1) is 5.82 Å². The van der Waals surface area contributed by atoms with Gasteiger partial charge in [0, 0.05) is 23.9 Å². The first-order valence-electron chi connectivity index (χ1n) is 8.26. The van der Waals surface area contributed by atoms with Crippen LogP contribution in [-0.2, 0) is 13.2 Å². The molecule has 0 unspecified atom stereocenters. The second kappa shape index (κ2) is 9.62. The number of nitrogens with one attached hydrogen (secondary N) is 2. The van der Waals surface area contributed by atoms with Crippen LogP contribution >= 0.6 is 0 Å². The largest absolute Gasteiger partial charge is 0.493 e. The van der Waals surface area contributed by atoms with Gasteiger partial charge in [0.2, 0.25) is 0 Å². The van der Waals surface area contributed by atoms with Crippen molar-refractivity contribution in [3.8, 4) is 11.5 Å². The molecule has 2 aromatic carbocycles. The number of hydrogen-bond acceptors (Lipinski definition) is 4. The maximum Gasteiger partial charge on any atom is 0.196 e. The van der Waals surface area contributed by atoms with Crippen molar-refractivity contribution in [3.05, 3.63) is 53.3 Å². The highest BCUT2D eigenvalue weighted by atomic mass is 19.1. The number of ether oxygens (including phenoxy) is 2. The predicted octanol–water partition coefficient (Wildman–Crippen LogP) is 2.91. The highest BCUT2D eigenvalue weighted by Gasteiger charge is 2.07. The van der Waals surface area contributed by atoms with Crippen LogP contribution in [0.3, 0.4) is 0 Å². The zero-order valence-corrected chi connectivity index (χ0v) is 15.2. The van der Waals surface area contributed by atoms with E-state index in [4.69, 9.17) is 14.6 Å². The normalized spacial score (nSPS) is 11.2. The third kappa shape index (κ3) is 5.10. The number of nitrogens with zero attached hydrogens (tertiary/aromatic N) is 1. The third-order valence-corrected chi connectivity index (χ3v) is 3.69. The van der Waals surface area contributed by atoms with Gasteiger partial charge in [-0.05, 0) is 36.8 Å².